The third-order valence-corrected chi connectivity index (χ3v) is 2.32. The first-order valence-corrected chi connectivity index (χ1v) is 4.22. The molecular weight excluding hydrogens is 204 g/mol. The zero-order chi connectivity index (χ0) is 11.2. The van der Waals surface area contributed by atoms with Crippen LogP contribution in [0, 0.1) is 18.6 Å². The molecule has 15 heavy (non-hydrogen) atoms. The van der Waals surface area contributed by atoms with E-state index in [0.29, 0.717) is 0 Å². The van der Waals surface area contributed by atoms with Crippen LogP contribution < -0.4 is 0 Å². The van der Waals surface area contributed by atoms with Gasteiger partial charge in [-0.3, -0.25) is 0 Å². The maximum atomic E-state index is 13.3. The van der Waals surface area contributed by atoms with Gasteiger partial charge in [0.15, 0.2) is 0 Å². The molecule has 0 spiro atoms. The molecule has 0 aliphatic rings. The maximum Gasteiger partial charge on any atom is 0.352 e. The Labute approximate surface area is 83.3 Å². The fourth-order valence-electron chi connectivity index (χ4n) is 1.60. The van der Waals surface area contributed by atoms with E-state index in [4.69, 9.17) is 5.11 Å². The van der Waals surface area contributed by atoms with Gasteiger partial charge in [-0.2, -0.15) is 0 Å². The second-order valence-electron chi connectivity index (χ2n) is 3.21. The number of aromatic carboxylic acids is 1. The SMILES string of the molecule is Cc1c(C(=O)O)[nH]c2c(F)ccc(F)c12. The predicted molar refractivity (Wildman–Crippen MR) is 49.9 cm³/mol. The molecule has 3 nitrogen and oxygen atoms in total. The van der Waals surface area contributed by atoms with Crippen LogP contribution in [0.15, 0.2) is 12.1 Å². The summed E-state index contributed by atoms with van der Waals surface area (Å²) in [7, 11) is 0. The Morgan fingerprint density at radius 2 is 1.93 bits per heavy atom. The highest BCUT2D eigenvalue weighted by atomic mass is 19.1. The van der Waals surface area contributed by atoms with E-state index in [0.717, 1.165) is 12.1 Å². The summed E-state index contributed by atoms with van der Waals surface area (Å²) in [6.45, 7) is 1.44. The Kier molecular flexibility index (Phi) is 1.96. The minimum absolute atomic E-state index is 0.00704. The maximum absolute atomic E-state index is 13.3. The third-order valence-electron chi connectivity index (χ3n) is 2.32. The van der Waals surface area contributed by atoms with Crippen molar-refractivity contribution >= 4 is 16.9 Å². The number of benzene rings is 1. The zero-order valence-electron chi connectivity index (χ0n) is 7.77. The molecule has 2 rings (SSSR count). The lowest BCUT2D eigenvalue weighted by Gasteiger charge is -1.94. The van der Waals surface area contributed by atoms with Crippen molar-refractivity contribution in [2.75, 3.05) is 0 Å². The van der Waals surface area contributed by atoms with Crippen LogP contribution in [-0.4, -0.2) is 16.1 Å². The van der Waals surface area contributed by atoms with Gasteiger partial charge in [-0.15, -0.1) is 0 Å². The summed E-state index contributed by atoms with van der Waals surface area (Å²) in [6.07, 6.45) is 0. The monoisotopic (exact) mass is 211 g/mol. The minimum atomic E-state index is -1.23. The number of carboxylic acids is 1. The molecule has 0 radical (unpaired) electrons. The van der Waals surface area contributed by atoms with Gasteiger partial charge in [-0.05, 0) is 24.6 Å². The molecule has 2 aromatic rings. The summed E-state index contributed by atoms with van der Waals surface area (Å²) in [5, 5.41) is 8.77. The quantitative estimate of drug-likeness (QED) is 0.761. The molecule has 0 aliphatic carbocycles. The second-order valence-corrected chi connectivity index (χ2v) is 3.21. The highest BCUT2D eigenvalue weighted by Gasteiger charge is 2.18. The van der Waals surface area contributed by atoms with E-state index >= 15 is 0 Å². The lowest BCUT2D eigenvalue weighted by molar-refractivity contribution is 0.0691. The lowest BCUT2D eigenvalue weighted by atomic mass is 10.1. The van der Waals surface area contributed by atoms with E-state index in [-0.39, 0.29) is 22.2 Å². The summed E-state index contributed by atoms with van der Waals surface area (Å²) in [4.78, 5) is 13.1. The summed E-state index contributed by atoms with van der Waals surface area (Å²) in [6, 6.07) is 1.93. The summed E-state index contributed by atoms with van der Waals surface area (Å²) < 4.78 is 26.6. The number of halogens is 2. The van der Waals surface area contributed by atoms with Gasteiger partial charge in [-0.25, -0.2) is 13.6 Å². The normalized spacial score (nSPS) is 10.9. The Bertz CT molecular complexity index is 560. The Balaban J connectivity index is 2.93. The predicted octanol–water partition coefficient (Wildman–Crippen LogP) is 2.45. The van der Waals surface area contributed by atoms with Crippen LogP contribution in [0.4, 0.5) is 8.78 Å². The molecule has 0 aliphatic heterocycles. The van der Waals surface area contributed by atoms with Crippen LogP contribution in [0.5, 0.6) is 0 Å². The molecule has 1 heterocycles. The number of aromatic nitrogens is 1. The number of H-pyrrole nitrogens is 1. The van der Waals surface area contributed by atoms with Gasteiger partial charge in [0.1, 0.15) is 17.3 Å². The van der Waals surface area contributed by atoms with Gasteiger partial charge in [0.25, 0.3) is 0 Å². The molecule has 5 heteroatoms. The molecule has 1 aromatic carbocycles. The van der Waals surface area contributed by atoms with E-state index in [1.807, 2.05) is 0 Å². The number of nitrogens with one attached hydrogen (secondary N) is 1. The van der Waals surface area contributed by atoms with Crippen molar-refractivity contribution in [1.29, 1.82) is 0 Å². The van der Waals surface area contributed by atoms with Gasteiger partial charge in [0.2, 0.25) is 0 Å². The van der Waals surface area contributed by atoms with Crippen LogP contribution >= 0.6 is 0 Å². The fraction of sp³-hybridized carbons (Fsp3) is 0.100. The standard InChI is InChI=1S/C10H7F2NO2/c1-4-7-5(11)2-3-6(12)9(7)13-8(4)10(14)15/h2-3,13H,1H3,(H,14,15). The molecule has 0 saturated carbocycles. The molecule has 78 valence electrons. The summed E-state index contributed by atoms with van der Waals surface area (Å²) >= 11 is 0. The first kappa shape index (κ1) is 9.64. The average molecular weight is 211 g/mol. The van der Waals surface area contributed by atoms with Crippen LogP contribution in [-0.2, 0) is 0 Å². The Morgan fingerprint density at radius 3 is 2.47 bits per heavy atom. The molecule has 0 unspecified atom stereocenters. The molecule has 0 saturated heterocycles. The molecule has 0 bridgehead atoms. The van der Waals surface area contributed by atoms with Crippen LogP contribution in [0.2, 0.25) is 0 Å². The number of hydrogen-bond donors (Lipinski definition) is 2. The van der Waals surface area contributed by atoms with Gasteiger partial charge in [0.05, 0.1) is 5.52 Å². The summed E-state index contributed by atoms with van der Waals surface area (Å²) in [5.41, 5.74) is -0.0894. The highest BCUT2D eigenvalue weighted by Crippen LogP contribution is 2.26. The van der Waals surface area contributed by atoms with Crippen LogP contribution in [0.3, 0.4) is 0 Å². The minimum Gasteiger partial charge on any atom is -0.477 e. The number of rotatable bonds is 1. The fourth-order valence-corrected chi connectivity index (χ4v) is 1.60. The topological polar surface area (TPSA) is 53.1 Å². The number of fused-ring (bicyclic) bond motifs is 1. The number of aryl methyl sites for hydroxylation is 1. The first-order valence-electron chi connectivity index (χ1n) is 4.22. The Hall–Kier alpha value is -1.91. The molecule has 0 atom stereocenters. The van der Waals surface area contributed by atoms with E-state index in [9.17, 15) is 13.6 Å². The largest absolute Gasteiger partial charge is 0.477 e. The van der Waals surface area contributed by atoms with Crippen molar-refractivity contribution in [1.82, 2.24) is 4.98 Å². The molecular formula is C10H7F2NO2. The van der Waals surface area contributed by atoms with Crippen molar-refractivity contribution in [2.24, 2.45) is 0 Å². The Morgan fingerprint density at radius 1 is 1.33 bits per heavy atom. The number of aromatic amines is 1. The second kappa shape index (κ2) is 3.05. The van der Waals surface area contributed by atoms with Crippen molar-refractivity contribution < 1.29 is 18.7 Å². The first-order chi connectivity index (χ1) is 7.02. The van der Waals surface area contributed by atoms with Gasteiger partial charge >= 0.3 is 5.97 Å². The molecule has 2 N–H and O–H groups in total. The molecule has 1 aromatic heterocycles. The van der Waals surface area contributed by atoms with Crippen LogP contribution in [0.1, 0.15) is 16.1 Å². The van der Waals surface area contributed by atoms with E-state index < -0.39 is 17.6 Å². The number of hydrogen-bond acceptors (Lipinski definition) is 1. The third kappa shape index (κ3) is 1.27. The zero-order valence-corrected chi connectivity index (χ0v) is 7.77. The highest BCUT2D eigenvalue weighted by molar-refractivity contribution is 5.97. The van der Waals surface area contributed by atoms with Gasteiger partial charge in [-0.1, -0.05) is 0 Å². The summed E-state index contributed by atoms with van der Waals surface area (Å²) in [5.74, 6) is -2.53. The van der Waals surface area contributed by atoms with Crippen LogP contribution in [0.25, 0.3) is 10.9 Å². The lowest BCUT2D eigenvalue weighted by Crippen LogP contribution is -1.98. The van der Waals surface area contributed by atoms with Gasteiger partial charge < -0.3 is 10.1 Å². The number of carbonyl (C=O) groups is 1. The van der Waals surface area contributed by atoms with Crippen molar-refractivity contribution in [3.05, 3.63) is 35.0 Å². The van der Waals surface area contributed by atoms with E-state index in [1.54, 1.807) is 0 Å². The van der Waals surface area contributed by atoms with E-state index in [1.165, 1.54) is 6.92 Å². The molecule has 0 fully saturated rings. The van der Waals surface area contributed by atoms with Crippen molar-refractivity contribution in [3.63, 3.8) is 0 Å². The molecule has 0 amide bonds. The number of carboxylic acid groups (broad SMARTS) is 1. The van der Waals surface area contributed by atoms with Crippen molar-refractivity contribution in [2.45, 2.75) is 6.92 Å². The van der Waals surface area contributed by atoms with Crippen molar-refractivity contribution in [3.8, 4) is 0 Å². The van der Waals surface area contributed by atoms with E-state index in [2.05, 4.69) is 4.98 Å². The van der Waals surface area contributed by atoms with Gasteiger partial charge in [0, 0.05) is 5.39 Å². The smallest absolute Gasteiger partial charge is 0.352 e. The average Bonchev–Trinajstić information content (AvgIpc) is 2.51.